The monoisotopic (exact) mass is 347 g/mol. The summed E-state index contributed by atoms with van der Waals surface area (Å²) in [5.41, 5.74) is 2.31. The number of ketones is 1. The van der Waals surface area contributed by atoms with Crippen molar-refractivity contribution in [3.05, 3.63) is 71.8 Å². The number of hydrogen-bond acceptors (Lipinski definition) is 2. The first-order valence-electron chi connectivity index (χ1n) is 9.82. The van der Waals surface area contributed by atoms with Crippen molar-refractivity contribution in [3.8, 4) is 0 Å². The van der Waals surface area contributed by atoms with Gasteiger partial charge in [0, 0.05) is 11.3 Å². The van der Waals surface area contributed by atoms with Crippen molar-refractivity contribution in [1.82, 2.24) is 4.90 Å². The molecule has 0 N–H and O–H groups in total. The van der Waals surface area contributed by atoms with Crippen LogP contribution >= 0.6 is 0 Å². The van der Waals surface area contributed by atoms with E-state index >= 15 is 0 Å². The summed E-state index contributed by atoms with van der Waals surface area (Å²) in [5.74, 6) is 0.562. The Balaban J connectivity index is 1.83. The molecule has 26 heavy (non-hydrogen) atoms. The fourth-order valence-electron chi connectivity index (χ4n) is 5.24. The maximum Gasteiger partial charge on any atom is 0.157 e. The van der Waals surface area contributed by atoms with Gasteiger partial charge in [0.25, 0.3) is 0 Å². The van der Waals surface area contributed by atoms with Gasteiger partial charge < -0.3 is 0 Å². The Morgan fingerprint density at radius 3 is 1.77 bits per heavy atom. The summed E-state index contributed by atoms with van der Waals surface area (Å²) in [6, 6.07) is 21.1. The van der Waals surface area contributed by atoms with Crippen LogP contribution in [0.1, 0.15) is 50.7 Å². The van der Waals surface area contributed by atoms with Crippen LogP contribution in [0.3, 0.4) is 0 Å². The minimum atomic E-state index is -0.186. The number of hydrogen-bond donors (Lipinski definition) is 0. The molecule has 5 rings (SSSR count). The maximum absolute atomic E-state index is 13.9. The summed E-state index contributed by atoms with van der Waals surface area (Å²) >= 11 is 0. The Hall–Kier alpha value is -1.93. The molecule has 2 bridgehead atoms. The first-order valence-corrected chi connectivity index (χ1v) is 9.82. The van der Waals surface area contributed by atoms with Gasteiger partial charge in [-0.3, -0.25) is 9.69 Å². The van der Waals surface area contributed by atoms with Crippen LogP contribution in [0.5, 0.6) is 0 Å². The second-order valence-electron chi connectivity index (χ2n) is 8.98. The van der Waals surface area contributed by atoms with Crippen molar-refractivity contribution >= 4 is 5.78 Å². The number of benzene rings is 2. The van der Waals surface area contributed by atoms with Gasteiger partial charge in [0.2, 0.25) is 0 Å². The summed E-state index contributed by atoms with van der Waals surface area (Å²) in [5, 5.41) is 0. The van der Waals surface area contributed by atoms with E-state index in [0.29, 0.717) is 5.78 Å². The van der Waals surface area contributed by atoms with Crippen molar-refractivity contribution in [2.75, 3.05) is 13.1 Å². The molecule has 3 saturated heterocycles. The molecular formula is C24H29NO. The van der Waals surface area contributed by atoms with Crippen LogP contribution in [0.2, 0.25) is 0 Å². The fourth-order valence-corrected chi connectivity index (χ4v) is 5.24. The van der Waals surface area contributed by atoms with Crippen LogP contribution in [-0.4, -0.2) is 29.8 Å². The number of fused-ring (bicyclic) bond motifs is 3. The fraction of sp³-hybridized carbons (Fsp3) is 0.458. The minimum absolute atomic E-state index is 0.00672. The number of Topliss-reactive ketones (excluding diaryl/α,β-unsaturated/α-hetero) is 1. The van der Waals surface area contributed by atoms with Gasteiger partial charge in [0.1, 0.15) is 0 Å². The van der Waals surface area contributed by atoms with E-state index in [0.717, 1.165) is 25.9 Å². The smallest absolute Gasteiger partial charge is 0.157 e. The van der Waals surface area contributed by atoms with Gasteiger partial charge in [-0.25, -0.2) is 0 Å². The van der Waals surface area contributed by atoms with E-state index < -0.39 is 0 Å². The Bertz CT molecular complexity index is 727. The van der Waals surface area contributed by atoms with E-state index in [1.807, 2.05) is 0 Å². The average molecular weight is 348 g/mol. The topological polar surface area (TPSA) is 20.3 Å². The van der Waals surface area contributed by atoms with Crippen LogP contribution in [-0.2, 0) is 4.79 Å². The Morgan fingerprint density at radius 2 is 1.35 bits per heavy atom. The summed E-state index contributed by atoms with van der Waals surface area (Å²) in [7, 11) is 0. The van der Waals surface area contributed by atoms with Crippen LogP contribution in [0, 0.1) is 10.8 Å². The van der Waals surface area contributed by atoms with Gasteiger partial charge in [-0.15, -0.1) is 0 Å². The van der Waals surface area contributed by atoms with E-state index in [9.17, 15) is 4.79 Å². The highest BCUT2D eigenvalue weighted by Gasteiger charge is 2.58. The Morgan fingerprint density at radius 1 is 0.885 bits per heavy atom. The van der Waals surface area contributed by atoms with Crippen LogP contribution in [0.4, 0.5) is 0 Å². The third kappa shape index (κ3) is 2.63. The molecule has 2 aromatic carbocycles. The van der Waals surface area contributed by atoms with E-state index in [4.69, 9.17) is 0 Å². The third-order valence-electron chi connectivity index (χ3n) is 6.85. The second kappa shape index (κ2) is 6.35. The highest BCUT2D eigenvalue weighted by Crippen LogP contribution is 2.54. The molecule has 2 aromatic rings. The van der Waals surface area contributed by atoms with E-state index in [2.05, 4.69) is 86.3 Å². The summed E-state index contributed by atoms with van der Waals surface area (Å²) in [4.78, 5) is 16.3. The SMILES string of the molecule is CC(C)(C)C12CCN(CC1)C(C(c1ccccc1)c1ccccc1)C2=O. The van der Waals surface area contributed by atoms with Crippen molar-refractivity contribution in [1.29, 1.82) is 0 Å². The zero-order valence-electron chi connectivity index (χ0n) is 16.1. The van der Waals surface area contributed by atoms with Crippen LogP contribution in [0.15, 0.2) is 60.7 Å². The standard InChI is InChI=1S/C24H29NO/c1-23(2,3)24-14-16-25(17-15-24)21(22(24)26)20(18-10-6-4-7-11-18)19-12-8-5-9-13-19/h4-13,20-21H,14-17H2,1-3H3. The molecule has 0 radical (unpaired) electrons. The van der Waals surface area contributed by atoms with Gasteiger partial charge in [-0.1, -0.05) is 81.4 Å². The van der Waals surface area contributed by atoms with E-state index in [-0.39, 0.29) is 22.8 Å². The largest absolute Gasteiger partial charge is 0.297 e. The van der Waals surface area contributed by atoms with Crippen molar-refractivity contribution in [2.45, 2.75) is 45.6 Å². The molecule has 3 heterocycles. The molecule has 3 aliphatic heterocycles. The average Bonchev–Trinajstić information content (AvgIpc) is 2.66. The molecule has 0 amide bonds. The number of carbonyl (C=O) groups excluding carboxylic acids is 1. The highest BCUT2D eigenvalue weighted by molar-refractivity contribution is 5.93. The number of nitrogens with zero attached hydrogens (tertiary/aromatic N) is 1. The second-order valence-corrected chi connectivity index (χ2v) is 8.98. The van der Waals surface area contributed by atoms with Gasteiger partial charge >= 0.3 is 0 Å². The quantitative estimate of drug-likeness (QED) is 0.787. The molecule has 3 fully saturated rings. The molecule has 2 nitrogen and oxygen atoms in total. The zero-order chi connectivity index (χ0) is 18.4. The molecule has 3 aliphatic rings. The Kier molecular flexibility index (Phi) is 4.27. The normalized spacial score (nSPS) is 28.5. The van der Waals surface area contributed by atoms with Gasteiger partial charge in [-0.05, 0) is 42.5 Å². The first-order chi connectivity index (χ1) is 12.4. The maximum atomic E-state index is 13.9. The van der Waals surface area contributed by atoms with E-state index in [1.54, 1.807) is 0 Å². The lowest BCUT2D eigenvalue weighted by molar-refractivity contribution is -0.159. The van der Waals surface area contributed by atoms with E-state index in [1.165, 1.54) is 11.1 Å². The van der Waals surface area contributed by atoms with Gasteiger partial charge in [-0.2, -0.15) is 0 Å². The molecular weight excluding hydrogens is 318 g/mol. The molecule has 136 valence electrons. The summed E-state index contributed by atoms with van der Waals surface area (Å²) < 4.78 is 0. The lowest BCUT2D eigenvalue weighted by Crippen LogP contribution is -2.66. The molecule has 1 atom stereocenters. The van der Waals surface area contributed by atoms with Crippen molar-refractivity contribution < 1.29 is 4.79 Å². The molecule has 2 heteroatoms. The molecule has 0 saturated carbocycles. The number of rotatable bonds is 3. The number of piperidine rings is 3. The molecule has 0 spiro atoms. The third-order valence-corrected chi connectivity index (χ3v) is 6.85. The van der Waals surface area contributed by atoms with Gasteiger partial charge in [0.05, 0.1) is 6.04 Å². The highest BCUT2D eigenvalue weighted by atomic mass is 16.1. The molecule has 0 aliphatic carbocycles. The van der Waals surface area contributed by atoms with Crippen LogP contribution < -0.4 is 0 Å². The molecule has 0 aromatic heterocycles. The van der Waals surface area contributed by atoms with Gasteiger partial charge in [0.15, 0.2) is 5.78 Å². The summed E-state index contributed by atoms with van der Waals surface area (Å²) in [6.45, 7) is 8.82. The summed E-state index contributed by atoms with van der Waals surface area (Å²) in [6.07, 6.45) is 2.00. The zero-order valence-corrected chi connectivity index (χ0v) is 16.1. The van der Waals surface area contributed by atoms with Crippen molar-refractivity contribution in [2.24, 2.45) is 10.8 Å². The predicted octanol–water partition coefficient (Wildman–Crippen LogP) is 4.90. The molecule has 1 unspecified atom stereocenters. The number of carbonyl (C=O) groups is 1. The lowest BCUT2D eigenvalue weighted by Gasteiger charge is -2.58. The van der Waals surface area contributed by atoms with Crippen molar-refractivity contribution in [3.63, 3.8) is 0 Å². The Labute approximate surface area is 157 Å². The van der Waals surface area contributed by atoms with Crippen LogP contribution in [0.25, 0.3) is 0 Å². The first kappa shape index (κ1) is 17.5. The lowest BCUT2D eigenvalue weighted by atomic mass is 9.54. The predicted molar refractivity (Wildman–Crippen MR) is 106 cm³/mol. The minimum Gasteiger partial charge on any atom is -0.297 e.